The molecule has 3 rings (SSSR count). The highest BCUT2D eigenvalue weighted by atomic mass is 32.2. The second-order valence-electron chi connectivity index (χ2n) is 6.82. The van der Waals surface area contributed by atoms with E-state index in [-0.39, 0.29) is 0 Å². The molecule has 0 bridgehead atoms. The Morgan fingerprint density at radius 3 is 2.29 bits per heavy atom. The Bertz CT molecular complexity index is 976. The van der Waals surface area contributed by atoms with Gasteiger partial charge >= 0.3 is 0 Å². The summed E-state index contributed by atoms with van der Waals surface area (Å²) in [6.45, 7) is 2.59. The number of ether oxygens (including phenoxy) is 2. The number of amides is 1. The van der Waals surface area contributed by atoms with Gasteiger partial charge in [-0.25, -0.2) is 14.0 Å². The van der Waals surface area contributed by atoms with Crippen molar-refractivity contribution in [3.8, 4) is 23.5 Å². The summed E-state index contributed by atoms with van der Waals surface area (Å²) in [6, 6.07) is 14.4. The van der Waals surface area contributed by atoms with Gasteiger partial charge in [0.1, 0.15) is 33.3 Å². The molecule has 1 unspecified atom stereocenters. The topological polar surface area (TPSA) is 88.1 Å². The molecule has 31 heavy (non-hydrogen) atoms. The Balaban J connectivity index is 1.70. The van der Waals surface area contributed by atoms with E-state index in [1.807, 2.05) is 21.9 Å². The zero-order valence-corrected chi connectivity index (χ0v) is 18.9. The van der Waals surface area contributed by atoms with Gasteiger partial charge in [-0.05, 0) is 61.4 Å². The number of methoxy groups -OCH3 is 1. The number of thioether (sulfide) groups is 1. The molecule has 0 spiro atoms. The van der Waals surface area contributed by atoms with Crippen LogP contribution in [0.4, 0.5) is 0 Å². The molecule has 1 heterocycles. The molecule has 0 radical (unpaired) electrons. The molecule has 164 valence electrons. The molecule has 2 aromatic carbocycles. The van der Waals surface area contributed by atoms with Crippen LogP contribution in [0, 0.1) is 12.0 Å². The Kier molecular flexibility index (Phi) is 7.98. The number of carbonyl (C=O) groups excluding carboxylic acids is 1. The van der Waals surface area contributed by atoms with E-state index in [0.29, 0.717) is 42.3 Å². The van der Waals surface area contributed by atoms with Crippen LogP contribution in [0.3, 0.4) is 0 Å². The summed E-state index contributed by atoms with van der Waals surface area (Å²) < 4.78 is 24.3. The van der Waals surface area contributed by atoms with E-state index in [2.05, 4.69) is 12.0 Å². The number of carbonyl (C=O) groups is 1. The van der Waals surface area contributed by atoms with Gasteiger partial charge in [0.15, 0.2) is 0 Å². The minimum Gasteiger partial charge on any atom is -0.497 e. The second-order valence-corrected chi connectivity index (χ2v) is 9.76. The summed E-state index contributed by atoms with van der Waals surface area (Å²) in [4.78, 5) is 14.1. The van der Waals surface area contributed by atoms with Crippen molar-refractivity contribution in [1.82, 2.24) is 9.79 Å². The van der Waals surface area contributed by atoms with Gasteiger partial charge in [-0.1, -0.05) is 5.92 Å². The zero-order valence-electron chi connectivity index (χ0n) is 17.3. The summed E-state index contributed by atoms with van der Waals surface area (Å²) in [5.74, 6) is 3.52. The first kappa shape index (κ1) is 23.2. The summed E-state index contributed by atoms with van der Waals surface area (Å²) in [7, 11) is 0.247. The molecule has 0 saturated carbocycles. The summed E-state index contributed by atoms with van der Waals surface area (Å²) in [5.41, 5.74) is 1.81. The van der Waals surface area contributed by atoms with Crippen molar-refractivity contribution < 1.29 is 23.7 Å². The van der Waals surface area contributed by atoms with Crippen molar-refractivity contribution in [2.45, 2.75) is 34.3 Å². The van der Waals surface area contributed by atoms with Crippen molar-refractivity contribution in [2.75, 3.05) is 20.2 Å². The maximum Gasteiger partial charge on any atom is 0.260 e. The van der Waals surface area contributed by atoms with Crippen molar-refractivity contribution in [3.05, 3.63) is 48.5 Å². The highest BCUT2D eigenvalue weighted by Gasteiger charge is 2.43. The van der Waals surface area contributed by atoms with Crippen molar-refractivity contribution in [2.24, 2.45) is 0 Å². The first-order valence-electron chi connectivity index (χ1n) is 9.64. The Morgan fingerprint density at radius 1 is 1.13 bits per heavy atom. The van der Waals surface area contributed by atoms with Crippen LogP contribution in [-0.2, 0) is 15.8 Å². The van der Waals surface area contributed by atoms with E-state index in [0.717, 1.165) is 4.90 Å². The molecule has 7 nitrogen and oxygen atoms in total. The fraction of sp³-hybridized carbons (Fsp3) is 0.318. The quantitative estimate of drug-likeness (QED) is 0.375. The molecule has 1 amide bonds. The lowest BCUT2D eigenvalue weighted by molar-refractivity contribution is -0.132. The first-order valence-corrected chi connectivity index (χ1v) is 11.6. The van der Waals surface area contributed by atoms with Gasteiger partial charge < -0.3 is 9.47 Å². The Hall–Kier alpha value is -2.51. The normalized spacial score (nSPS) is 16.5. The van der Waals surface area contributed by atoms with Crippen LogP contribution in [0.2, 0.25) is 0 Å². The third-order valence-electron chi connectivity index (χ3n) is 4.95. The first-order chi connectivity index (χ1) is 15.0. The fourth-order valence-electron chi connectivity index (χ4n) is 3.24. The number of nitrogens with one attached hydrogen (secondary N) is 1. The van der Waals surface area contributed by atoms with Gasteiger partial charge in [0.2, 0.25) is 0 Å². The third-order valence-corrected chi connectivity index (χ3v) is 7.95. The van der Waals surface area contributed by atoms with Crippen LogP contribution in [0.15, 0.2) is 58.3 Å². The maximum atomic E-state index is 12.9. The maximum absolute atomic E-state index is 12.9. The van der Waals surface area contributed by atoms with E-state index < -0.39 is 21.6 Å². The lowest BCUT2D eigenvalue weighted by Crippen LogP contribution is -2.51. The summed E-state index contributed by atoms with van der Waals surface area (Å²) in [5, 5.41) is 9.34. The average molecular weight is 461 g/mol. The SMILES string of the molecule is CC#COc1ccc(SC2(C(=O)NO)CCN(S(=O)c3ccc(OC)cc3)CC2)cc1. The largest absolute Gasteiger partial charge is 0.497 e. The van der Waals surface area contributed by atoms with Crippen molar-refractivity contribution in [1.29, 1.82) is 0 Å². The van der Waals surface area contributed by atoms with Crippen LogP contribution in [0.25, 0.3) is 0 Å². The van der Waals surface area contributed by atoms with Crippen molar-refractivity contribution in [3.63, 3.8) is 0 Å². The number of nitrogens with zero attached hydrogens (tertiary/aromatic N) is 1. The van der Waals surface area contributed by atoms with Crippen LogP contribution >= 0.6 is 11.8 Å². The van der Waals surface area contributed by atoms with Gasteiger partial charge in [0, 0.05) is 24.9 Å². The average Bonchev–Trinajstić information content (AvgIpc) is 2.83. The molecule has 1 fully saturated rings. The Morgan fingerprint density at radius 2 is 1.74 bits per heavy atom. The number of hydrogen-bond acceptors (Lipinski definition) is 6. The number of hydrogen-bond donors (Lipinski definition) is 2. The predicted molar refractivity (Wildman–Crippen MR) is 119 cm³/mol. The fourth-order valence-corrected chi connectivity index (χ4v) is 5.67. The molecule has 1 aliphatic heterocycles. The molecule has 1 atom stereocenters. The lowest BCUT2D eigenvalue weighted by Gasteiger charge is -2.38. The van der Waals surface area contributed by atoms with E-state index >= 15 is 0 Å². The zero-order chi connectivity index (χ0) is 22.3. The standard InChI is InChI=1S/C22H24N2O5S2/c1-3-16-29-18-4-8-19(9-5-18)30-22(21(25)23-26)12-14-24(15-13-22)31(27)20-10-6-17(28-2)7-11-20/h4-11,26H,12-15H2,1-2H3,(H,23,25). The number of piperidine rings is 1. The highest BCUT2D eigenvalue weighted by Crippen LogP contribution is 2.42. The van der Waals surface area contributed by atoms with E-state index in [1.165, 1.54) is 11.8 Å². The highest BCUT2D eigenvalue weighted by molar-refractivity contribution is 8.01. The minimum absolute atomic E-state index is 0.436. The van der Waals surface area contributed by atoms with Gasteiger partial charge in [-0.2, -0.15) is 0 Å². The van der Waals surface area contributed by atoms with Gasteiger partial charge in [-0.3, -0.25) is 10.0 Å². The van der Waals surface area contributed by atoms with Gasteiger partial charge in [-0.15, -0.1) is 11.8 Å². The van der Waals surface area contributed by atoms with Gasteiger partial charge in [0.25, 0.3) is 5.91 Å². The molecule has 2 N–H and O–H groups in total. The number of rotatable bonds is 7. The van der Waals surface area contributed by atoms with Crippen molar-refractivity contribution >= 4 is 28.7 Å². The molecular weight excluding hydrogens is 436 g/mol. The predicted octanol–water partition coefficient (Wildman–Crippen LogP) is 3.21. The smallest absolute Gasteiger partial charge is 0.260 e. The molecule has 2 aromatic rings. The second kappa shape index (κ2) is 10.7. The molecular formula is C22H24N2O5S2. The van der Waals surface area contributed by atoms with Crippen LogP contribution < -0.4 is 15.0 Å². The molecule has 0 aliphatic carbocycles. The Labute approximate surface area is 188 Å². The number of hydroxylamine groups is 1. The molecule has 0 aromatic heterocycles. The molecule has 1 aliphatic rings. The minimum atomic E-state index is -1.34. The van der Waals surface area contributed by atoms with Crippen LogP contribution in [0.1, 0.15) is 19.8 Å². The number of benzene rings is 2. The summed E-state index contributed by atoms with van der Waals surface area (Å²) >= 11 is 1.39. The molecule has 9 heteroatoms. The third kappa shape index (κ3) is 5.60. The van der Waals surface area contributed by atoms with E-state index in [4.69, 9.17) is 9.47 Å². The monoisotopic (exact) mass is 460 g/mol. The van der Waals surface area contributed by atoms with E-state index in [9.17, 15) is 14.2 Å². The molecule has 1 saturated heterocycles. The lowest BCUT2D eigenvalue weighted by atomic mass is 9.96. The van der Waals surface area contributed by atoms with Crippen LogP contribution in [-0.4, -0.2) is 44.6 Å². The van der Waals surface area contributed by atoms with Crippen LogP contribution in [0.5, 0.6) is 11.5 Å². The van der Waals surface area contributed by atoms with Gasteiger partial charge in [0.05, 0.1) is 12.0 Å². The van der Waals surface area contributed by atoms with E-state index in [1.54, 1.807) is 50.4 Å². The summed E-state index contributed by atoms with van der Waals surface area (Å²) in [6.07, 6.45) is 3.41.